The van der Waals surface area contributed by atoms with E-state index in [4.69, 9.17) is 9.72 Å². The van der Waals surface area contributed by atoms with E-state index < -0.39 is 5.97 Å². The predicted octanol–water partition coefficient (Wildman–Crippen LogP) is 9.42. The molecule has 1 heterocycles. The van der Waals surface area contributed by atoms with E-state index in [0.717, 1.165) is 53.2 Å². The first kappa shape index (κ1) is 30.4. The molecule has 5 aromatic rings. The Labute approximate surface area is 266 Å². The van der Waals surface area contributed by atoms with Crippen molar-refractivity contribution in [2.24, 2.45) is 0 Å². The van der Waals surface area contributed by atoms with E-state index in [1.807, 2.05) is 18.2 Å². The van der Waals surface area contributed by atoms with Crippen LogP contribution in [0.25, 0.3) is 22.4 Å². The lowest BCUT2D eigenvalue weighted by Gasteiger charge is -2.27. The van der Waals surface area contributed by atoms with Crippen molar-refractivity contribution in [3.63, 3.8) is 0 Å². The first-order valence-electron chi connectivity index (χ1n) is 16.0. The fraction of sp³-hybridized carbons (Fsp3) is 0.333. The Morgan fingerprint density at radius 1 is 0.889 bits per heavy atom. The van der Waals surface area contributed by atoms with Crippen LogP contribution in [-0.4, -0.2) is 27.7 Å². The van der Waals surface area contributed by atoms with Crippen LogP contribution in [0.4, 0.5) is 5.69 Å². The van der Waals surface area contributed by atoms with Crippen LogP contribution in [0.3, 0.4) is 0 Å². The number of ether oxygens (including phenoxy) is 1. The molecule has 0 unspecified atom stereocenters. The molecule has 0 saturated heterocycles. The number of aromatic carboxylic acids is 1. The lowest BCUT2D eigenvalue weighted by molar-refractivity contribution is 0.0697. The fourth-order valence-corrected chi connectivity index (χ4v) is 6.54. The van der Waals surface area contributed by atoms with Gasteiger partial charge < -0.3 is 19.3 Å². The van der Waals surface area contributed by atoms with Crippen molar-refractivity contribution in [2.45, 2.75) is 77.4 Å². The summed E-state index contributed by atoms with van der Waals surface area (Å²) in [5, 5.41) is 9.64. The largest absolute Gasteiger partial charge is 0.497 e. The fourth-order valence-electron chi connectivity index (χ4n) is 6.54. The van der Waals surface area contributed by atoms with Crippen LogP contribution in [0.2, 0.25) is 0 Å². The van der Waals surface area contributed by atoms with Gasteiger partial charge in [0.05, 0.1) is 23.7 Å². The molecule has 0 aliphatic heterocycles. The van der Waals surface area contributed by atoms with Crippen LogP contribution in [-0.2, 0) is 18.5 Å². The molecular weight excluding hydrogens is 558 g/mol. The summed E-state index contributed by atoms with van der Waals surface area (Å²) >= 11 is 0. The summed E-state index contributed by atoms with van der Waals surface area (Å²) in [6.07, 6.45) is 5.88. The second kappa shape index (κ2) is 12.8. The number of aromatic nitrogens is 2. The highest BCUT2D eigenvalue weighted by molar-refractivity contribution is 5.93. The molecule has 0 atom stereocenters. The van der Waals surface area contributed by atoms with Gasteiger partial charge in [-0.2, -0.15) is 0 Å². The van der Waals surface area contributed by atoms with Crippen molar-refractivity contribution in [1.29, 1.82) is 0 Å². The van der Waals surface area contributed by atoms with Crippen molar-refractivity contribution < 1.29 is 14.6 Å². The number of anilines is 1. The van der Waals surface area contributed by atoms with E-state index in [1.54, 1.807) is 19.2 Å². The third-order valence-corrected chi connectivity index (χ3v) is 9.07. The van der Waals surface area contributed by atoms with Gasteiger partial charge in [0.25, 0.3) is 0 Å². The van der Waals surface area contributed by atoms with Crippen molar-refractivity contribution >= 4 is 22.7 Å². The number of carboxylic acids is 1. The van der Waals surface area contributed by atoms with Gasteiger partial charge in [-0.15, -0.1) is 0 Å². The standard InChI is InChI=1S/C39H43N3O3/c1-39(2,3)31-16-13-27(14-17-31)25-41(32-18-20-34(45-4)21-19-32)26-28-9-8-10-29(23-28)37-40-35-24-30(38(43)44)15-22-36(35)42(37)33-11-6-5-7-12-33/h8-10,13-24,33H,5-7,11-12,25-26H2,1-4H3,(H,43,44). The second-order valence-electron chi connectivity index (χ2n) is 13.3. The van der Waals surface area contributed by atoms with Crippen LogP contribution in [0.5, 0.6) is 5.75 Å². The van der Waals surface area contributed by atoms with Crippen LogP contribution in [0.15, 0.2) is 91.0 Å². The Hall–Kier alpha value is -4.58. The Morgan fingerprint density at radius 2 is 1.60 bits per heavy atom. The molecule has 4 aromatic carbocycles. The minimum absolute atomic E-state index is 0.109. The molecule has 6 heteroatoms. The number of hydrogen-bond acceptors (Lipinski definition) is 4. The van der Waals surface area contributed by atoms with E-state index in [-0.39, 0.29) is 11.0 Å². The van der Waals surface area contributed by atoms with E-state index in [1.165, 1.54) is 36.0 Å². The molecule has 1 aromatic heterocycles. The van der Waals surface area contributed by atoms with Gasteiger partial charge in [0.1, 0.15) is 11.6 Å². The molecule has 6 nitrogen and oxygen atoms in total. The second-order valence-corrected chi connectivity index (χ2v) is 13.3. The SMILES string of the molecule is COc1ccc(N(Cc2ccc(C(C)(C)C)cc2)Cc2cccc(-c3nc4cc(C(=O)O)ccc4n3C3CCCCC3)c2)cc1. The summed E-state index contributed by atoms with van der Waals surface area (Å²) in [7, 11) is 1.69. The zero-order valence-corrected chi connectivity index (χ0v) is 26.8. The van der Waals surface area contributed by atoms with Gasteiger partial charge >= 0.3 is 5.97 Å². The maximum atomic E-state index is 11.8. The molecule has 1 aliphatic carbocycles. The monoisotopic (exact) mass is 601 g/mol. The Kier molecular flexibility index (Phi) is 8.66. The molecule has 1 saturated carbocycles. The molecule has 45 heavy (non-hydrogen) atoms. The number of rotatable bonds is 9. The zero-order chi connectivity index (χ0) is 31.6. The van der Waals surface area contributed by atoms with E-state index >= 15 is 0 Å². The van der Waals surface area contributed by atoms with Gasteiger partial charge in [-0.25, -0.2) is 9.78 Å². The quantitative estimate of drug-likeness (QED) is 0.182. The van der Waals surface area contributed by atoms with Crippen LogP contribution in [0, 0.1) is 0 Å². The number of carboxylic acid groups (broad SMARTS) is 1. The van der Waals surface area contributed by atoms with Gasteiger partial charge in [0.15, 0.2) is 0 Å². The van der Waals surface area contributed by atoms with E-state index in [0.29, 0.717) is 12.6 Å². The van der Waals surface area contributed by atoms with Gasteiger partial charge in [0.2, 0.25) is 0 Å². The van der Waals surface area contributed by atoms with Crippen molar-refractivity contribution in [2.75, 3.05) is 12.0 Å². The number of imidazole rings is 1. The maximum Gasteiger partial charge on any atom is 0.335 e. The van der Waals surface area contributed by atoms with Gasteiger partial charge in [-0.05, 0) is 83.5 Å². The van der Waals surface area contributed by atoms with Crippen LogP contribution in [0.1, 0.15) is 86.0 Å². The van der Waals surface area contributed by atoms with Gasteiger partial charge in [-0.1, -0.05) is 82.5 Å². The summed E-state index contributed by atoms with van der Waals surface area (Å²) < 4.78 is 7.81. The highest BCUT2D eigenvalue weighted by Gasteiger charge is 2.23. The minimum Gasteiger partial charge on any atom is -0.497 e. The molecule has 6 rings (SSSR count). The molecule has 232 valence electrons. The molecule has 1 fully saturated rings. The number of hydrogen-bond donors (Lipinski definition) is 1. The third-order valence-electron chi connectivity index (χ3n) is 9.07. The van der Waals surface area contributed by atoms with E-state index in [9.17, 15) is 9.90 Å². The van der Waals surface area contributed by atoms with Gasteiger partial charge in [0, 0.05) is 30.4 Å². The van der Waals surface area contributed by atoms with Crippen molar-refractivity contribution in [3.05, 3.63) is 113 Å². The van der Waals surface area contributed by atoms with E-state index in [2.05, 4.69) is 90.9 Å². The van der Waals surface area contributed by atoms with Crippen molar-refractivity contribution in [1.82, 2.24) is 9.55 Å². The number of fused-ring (bicyclic) bond motifs is 1. The lowest BCUT2D eigenvalue weighted by atomic mass is 9.87. The van der Waals surface area contributed by atoms with Crippen LogP contribution < -0.4 is 9.64 Å². The summed E-state index contributed by atoms with van der Waals surface area (Å²) in [6, 6.07) is 31.6. The highest BCUT2D eigenvalue weighted by Crippen LogP contribution is 2.37. The smallest absolute Gasteiger partial charge is 0.335 e. The number of nitrogens with zero attached hydrogens (tertiary/aromatic N) is 3. The lowest BCUT2D eigenvalue weighted by Crippen LogP contribution is -2.22. The summed E-state index contributed by atoms with van der Waals surface area (Å²) in [6.45, 7) is 8.21. The molecule has 0 amide bonds. The predicted molar refractivity (Wildman–Crippen MR) is 182 cm³/mol. The first-order valence-corrected chi connectivity index (χ1v) is 16.0. The Balaban J connectivity index is 1.36. The Morgan fingerprint density at radius 3 is 2.27 bits per heavy atom. The zero-order valence-electron chi connectivity index (χ0n) is 26.8. The summed E-state index contributed by atoms with van der Waals surface area (Å²) in [5.74, 6) is 0.817. The molecule has 1 aliphatic rings. The Bertz CT molecular complexity index is 1780. The molecule has 1 N–H and O–H groups in total. The topological polar surface area (TPSA) is 67.6 Å². The number of benzene rings is 4. The average molecular weight is 602 g/mol. The summed E-state index contributed by atoms with van der Waals surface area (Å²) in [5.41, 5.74) is 8.05. The molecule has 0 radical (unpaired) electrons. The summed E-state index contributed by atoms with van der Waals surface area (Å²) in [4.78, 5) is 19.2. The average Bonchev–Trinajstić information content (AvgIpc) is 3.44. The van der Waals surface area contributed by atoms with Crippen molar-refractivity contribution in [3.8, 4) is 17.1 Å². The molecule has 0 spiro atoms. The van der Waals surface area contributed by atoms with Crippen LogP contribution >= 0.6 is 0 Å². The number of carbonyl (C=O) groups is 1. The minimum atomic E-state index is -0.931. The molecular formula is C39H43N3O3. The molecule has 0 bridgehead atoms. The first-order chi connectivity index (χ1) is 21.7. The number of methoxy groups -OCH3 is 1. The normalized spacial score (nSPS) is 14.0. The maximum absolute atomic E-state index is 11.8. The van der Waals surface area contributed by atoms with Gasteiger partial charge in [-0.3, -0.25) is 0 Å². The third kappa shape index (κ3) is 6.75. The highest BCUT2D eigenvalue weighted by atomic mass is 16.5.